The van der Waals surface area contributed by atoms with Crippen molar-refractivity contribution in [3.8, 4) is 5.75 Å². The largest absolute Gasteiger partial charge is 0.491 e. The molecule has 1 aliphatic rings. The zero-order chi connectivity index (χ0) is 14.7. The molecule has 0 saturated carbocycles. The highest BCUT2D eigenvalue weighted by Crippen LogP contribution is 2.23. The van der Waals surface area contributed by atoms with E-state index < -0.39 is 17.4 Å². The third-order valence-electron chi connectivity index (χ3n) is 3.49. The number of carbonyl (C=O) groups is 1. The lowest BCUT2D eigenvalue weighted by molar-refractivity contribution is 0.0875. The number of piperazine rings is 1. The molecule has 1 fully saturated rings. The zero-order valence-electron chi connectivity index (χ0n) is 11.7. The number of hydrogen-bond acceptors (Lipinski definition) is 4. The molecule has 6 heteroatoms. The number of benzene rings is 1. The van der Waals surface area contributed by atoms with Gasteiger partial charge in [0.25, 0.3) is 0 Å². The molecule has 1 aliphatic heterocycles. The van der Waals surface area contributed by atoms with Gasteiger partial charge in [-0.1, -0.05) is 0 Å². The van der Waals surface area contributed by atoms with E-state index in [0.29, 0.717) is 0 Å². The monoisotopic (exact) mass is 284 g/mol. The molecule has 0 N–H and O–H groups in total. The van der Waals surface area contributed by atoms with Crippen molar-refractivity contribution >= 4 is 5.78 Å². The third-order valence-corrected chi connectivity index (χ3v) is 3.49. The second-order valence-corrected chi connectivity index (χ2v) is 4.98. The quantitative estimate of drug-likeness (QED) is 0.783. The fraction of sp³-hybridized carbons (Fsp3) is 0.500. The lowest BCUT2D eigenvalue weighted by Gasteiger charge is -2.31. The Kier molecular flexibility index (Phi) is 4.67. The average molecular weight is 284 g/mol. The van der Waals surface area contributed by atoms with Crippen LogP contribution in [0.2, 0.25) is 0 Å². The average Bonchev–Trinajstić information content (AvgIpc) is 2.41. The van der Waals surface area contributed by atoms with Gasteiger partial charge in [-0.15, -0.1) is 0 Å². The van der Waals surface area contributed by atoms with E-state index in [4.69, 9.17) is 0 Å². The van der Waals surface area contributed by atoms with Crippen molar-refractivity contribution in [3.05, 3.63) is 29.3 Å². The molecule has 1 heterocycles. The lowest BCUT2D eigenvalue weighted by Crippen LogP contribution is -2.46. The first-order valence-electron chi connectivity index (χ1n) is 6.48. The van der Waals surface area contributed by atoms with Gasteiger partial charge in [-0.05, 0) is 19.2 Å². The van der Waals surface area contributed by atoms with Crippen molar-refractivity contribution in [3.63, 3.8) is 0 Å². The summed E-state index contributed by atoms with van der Waals surface area (Å²) in [6.07, 6.45) is 0. The smallest absolute Gasteiger partial charge is 0.190 e. The second kappa shape index (κ2) is 6.28. The molecule has 0 spiro atoms. The van der Waals surface area contributed by atoms with Gasteiger partial charge >= 0.3 is 0 Å². The highest BCUT2D eigenvalue weighted by molar-refractivity contribution is 5.97. The van der Waals surface area contributed by atoms with Gasteiger partial charge in [0.05, 0.1) is 13.7 Å². The first-order chi connectivity index (χ1) is 9.51. The SMILES string of the molecule is COc1c(F)cc(C(=O)CN2CCN(C)CC2)cc1F. The van der Waals surface area contributed by atoms with Gasteiger partial charge in [-0.3, -0.25) is 9.69 Å². The number of halogens is 2. The van der Waals surface area contributed by atoms with Crippen molar-refractivity contribution in [2.24, 2.45) is 0 Å². The molecule has 1 aromatic rings. The van der Waals surface area contributed by atoms with Crippen LogP contribution in [0.25, 0.3) is 0 Å². The summed E-state index contributed by atoms with van der Waals surface area (Å²) >= 11 is 0. The molecule has 1 aromatic carbocycles. The van der Waals surface area contributed by atoms with Gasteiger partial charge in [0, 0.05) is 31.7 Å². The topological polar surface area (TPSA) is 32.8 Å². The number of methoxy groups -OCH3 is 1. The molecule has 0 aromatic heterocycles. The van der Waals surface area contributed by atoms with E-state index in [2.05, 4.69) is 9.64 Å². The Morgan fingerprint density at radius 3 is 2.25 bits per heavy atom. The van der Waals surface area contributed by atoms with E-state index in [9.17, 15) is 13.6 Å². The minimum absolute atomic E-state index is 0.0414. The van der Waals surface area contributed by atoms with Crippen LogP contribution in [-0.2, 0) is 0 Å². The van der Waals surface area contributed by atoms with Crippen LogP contribution in [0.1, 0.15) is 10.4 Å². The molecule has 0 bridgehead atoms. The number of nitrogens with zero attached hydrogens (tertiary/aromatic N) is 2. The van der Waals surface area contributed by atoms with Crippen LogP contribution in [-0.4, -0.2) is 62.5 Å². The summed E-state index contributed by atoms with van der Waals surface area (Å²) in [6, 6.07) is 2.06. The van der Waals surface area contributed by atoms with E-state index in [1.807, 2.05) is 11.9 Å². The van der Waals surface area contributed by atoms with Crippen molar-refractivity contribution in [1.82, 2.24) is 9.80 Å². The Bertz CT molecular complexity index is 477. The molecule has 0 amide bonds. The summed E-state index contributed by atoms with van der Waals surface area (Å²) in [7, 11) is 3.21. The van der Waals surface area contributed by atoms with Crippen molar-refractivity contribution in [2.45, 2.75) is 0 Å². The number of Topliss-reactive ketones (excluding diaryl/α,β-unsaturated/α-hetero) is 1. The highest BCUT2D eigenvalue weighted by Gasteiger charge is 2.20. The zero-order valence-corrected chi connectivity index (χ0v) is 11.7. The van der Waals surface area contributed by atoms with Gasteiger partial charge in [0.15, 0.2) is 23.2 Å². The fourth-order valence-electron chi connectivity index (χ4n) is 2.22. The molecule has 0 unspecified atom stereocenters. The van der Waals surface area contributed by atoms with Crippen LogP contribution in [0, 0.1) is 11.6 Å². The summed E-state index contributed by atoms with van der Waals surface area (Å²) in [5, 5.41) is 0. The van der Waals surface area contributed by atoms with Gasteiger partial charge in [-0.25, -0.2) is 8.78 Å². The molecule has 4 nitrogen and oxygen atoms in total. The minimum Gasteiger partial charge on any atom is -0.491 e. The Morgan fingerprint density at radius 2 is 1.75 bits per heavy atom. The summed E-state index contributed by atoms with van der Waals surface area (Å²) in [6.45, 7) is 3.52. The minimum atomic E-state index is -0.853. The molecular weight excluding hydrogens is 266 g/mol. The van der Waals surface area contributed by atoms with Crippen LogP contribution >= 0.6 is 0 Å². The van der Waals surface area contributed by atoms with Crippen LogP contribution in [0.3, 0.4) is 0 Å². The summed E-state index contributed by atoms with van der Waals surface area (Å²) in [5.74, 6) is -2.44. The first-order valence-corrected chi connectivity index (χ1v) is 6.48. The Hall–Kier alpha value is -1.53. The highest BCUT2D eigenvalue weighted by atomic mass is 19.1. The van der Waals surface area contributed by atoms with Crippen LogP contribution in [0.15, 0.2) is 12.1 Å². The van der Waals surface area contributed by atoms with E-state index in [-0.39, 0.29) is 17.9 Å². The number of likely N-dealkylation sites (N-methyl/N-ethyl adjacent to an activating group) is 1. The molecule has 1 saturated heterocycles. The predicted molar refractivity (Wildman–Crippen MR) is 71.2 cm³/mol. The van der Waals surface area contributed by atoms with E-state index in [1.165, 1.54) is 7.11 Å². The Morgan fingerprint density at radius 1 is 1.20 bits per heavy atom. The lowest BCUT2D eigenvalue weighted by atomic mass is 10.1. The van der Waals surface area contributed by atoms with Gasteiger partial charge in [-0.2, -0.15) is 0 Å². The number of ketones is 1. The summed E-state index contributed by atoms with van der Waals surface area (Å²) in [4.78, 5) is 16.2. The van der Waals surface area contributed by atoms with Crippen LogP contribution < -0.4 is 4.74 Å². The van der Waals surface area contributed by atoms with Crippen molar-refractivity contribution in [1.29, 1.82) is 0 Å². The summed E-state index contributed by atoms with van der Waals surface area (Å²) in [5.41, 5.74) is 0.0414. The first kappa shape index (κ1) is 14.9. The van der Waals surface area contributed by atoms with Crippen LogP contribution in [0.4, 0.5) is 8.78 Å². The Labute approximate surface area is 116 Å². The number of carbonyl (C=O) groups excluding carboxylic acids is 1. The normalized spacial score (nSPS) is 17.2. The molecular formula is C14H18F2N2O2. The van der Waals surface area contributed by atoms with Crippen molar-refractivity contribution < 1.29 is 18.3 Å². The van der Waals surface area contributed by atoms with Gasteiger partial charge in [0.2, 0.25) is 0 Å². The Balaban J connectivity index is 2.06. The maximum absolute atomic E-state index is 13.6. The third kappa shape index (κ3) is 3.32. The van der Waals surface area contributed by atoms with E-state index >= 15 is 0 Å². The molecule has 0 radical (unpaired) electrons. The second-order valence-electron chi connectivity index (χ2n) is 4.98. The predicted octanol–water partition coefficient (Wildman–Crippen LogP) is 1.40. The number of hydrogen-bond donors (Lipinski definition) is 0. The molecule has 20 heavy (non-hydrogen) atoms. The van der Waals surface area contributed by atoms with Gasteiger partial charge in [0.1, 0.15) is 0 Å². The maximum Gasteiger partial charge on any atom is 0.190 e. The van der Waals surface area contributed by atoms with Crippen LogP contribution in [0.5, 0.6) is 5.75 Å². The number of ether oxygens (including phenoxy) is 1. The van der Waals surface area contributed by atoms with E-state index in [1.54, 1.807) is 0 Å². The summed E-state index contributed by atoms with van der Waals surface area (Å²) < 4.78 is 31.7. The van der Waals surface area contributed by atoms with E-state index in [0.717, 1.165) is 38.3 Å². The molecule has 2 rings (SSSR count). The maximum atomic E-state index is 13.6. The van der Waals surface area contributed by atoms with Crippen molar-refractivity contribution in [2.75, 3.05) is 46.9 Å². The number of rotatable bonds is 4. The molecule has 0 atom stereocenters. The molecule has 0 aliphatic carbocycles. The standard InChI is InChI=1S/C14H18F2N2O2/c1-17-3-5-18(6-4-17)9-13(19)10-7-11(15)14(20-2)12(16)8-10/h7-8H,3-6,9H2,1-2H3. The molecule has 110 valence electrons. The fourth-order valence-corrected chi connectivity index (χ4v) is 2.22. The van der Waals surface area contributed by atoms with Gasteiger partial charge < -0.3 is 9.64 Å².